The van der Waals surface area contributed by atoms with Crippen LogP contribution in [0.4, 0.5) is 0 Å². The summed E-state index contributed by atoms with van der Waals surface area (Å²) >= 11 is 1.14. The van der Waals surface area contributed by atoms with E-state index in [0.717, 1.165) is 23.6 Å². The summed E-state index contributed by atoms with van der Waals surface area (Å²) in [7, 11) is 1.77. The molecule has 7 heteroatoms. The summed E-state index contributed by atoms with van der Waals surface area (Å²) in [5.41, 5.74) is 1.43. The first kappa shape index (κ1) is 10.9. The Morgan fingerprint density at radius 2 is 2.31 bits per heavy atom. The molecule has 2 heterocycles. The van der Waals surface area contributed by atoms with E-state index in [-0.39, 0.29) is 12.2 Å². The molecule has 2 aromatic rings. The fourth-order valence-corrected chi connectivity index (χ4v) is 2.06. The number of nitrogens with zero attached hydrogens (tertiary/aromatic N) is 5. The summed E-state index contributed by atoms with van der Waals surface area (Å²) in [5, 5.41) is 11.6. The van der Waals surface area contributed by atoms with Crippen LogP contribution >= 0.6 is 11.5 Å². The van der Waals surface area contributed by atoms with Gasteiger partial charge in [-0.1, -0.05) is 16.6 Å². The molecule has 0 atom stereocenters. The van der Waals surface area contributed by atoms with Crippen molar-refractivity contribution in [3.05, 3.63) is 22.5 Å². The van der Waals surface area contributed by atoms with Gasteiger partial charge < -0.3 is 0 Å². The monoisotopic (exact) mass is 237 g/mol. The Morgan fingerprint density at radius 3 is 2.94 bits per heavy atom. The fraction of sp³-hybridized carbons (Fsp3) is 0.444. The van der Waals surface area contributed by atoms with Crippen LogP contribution in [0.5, 0.6) is 0 Å². The van der Waals surface area contributed by atoms with E-state index >= 15 is 0 Å². The Balaban J connectivity index is 2.14. The molecule has 0 bridgehead atoms. The molecule has 6 nitrogen and oxygen atoms in total. The van der Waals surface area contributed by atoms with E-state index in [2.05, 4.69) is 19.9 Å². The molecule has 2 aromatic heterocycles. The largest absolute Gasteiger partial charge is 0.293 e. The van der Waals surface area contributed by atoms with E-state index in [1.807, 2.05) is 6.92 Å². The first-order valence-electron chi connectivity index (χ1n) is 4.90. The lowest BCUT2D eigenvalue weighted by Crippen LogP contribution is -2.04. The van der Waals surface area contributed by atoms with Crippen LogP contribution in [0.25, 0.3) is 0 Å². The molecule has 2 rings (SSSR count). The van der Waals surface area contributed by atoms with E-state index < -0.39 is 0 Å². The van der Waals surface area contributed by atoms with E-state index in [1.165, 1.54) is 0 Å². The van der Waals surface area contributed by atoms with Crippen molar-refractivity contribution in [1.29, 1.82) is 0 Å². The van der Waals surface area contributed by atoms with E-state index in [4.69, 9.17) is 0 Å². The van der Waals surface area contributed by atoms with Crippen LogP contribution in [-0.2, 0) is 19.9 Å². The lowest BCUT2D eigenvalue weighted by molar-refractivity contribution is 0.0994. The number of ketones is 1. The Labute approximate surface area is 96.5 Å². The second kappa shape index (κ2) is 4.48. The van der Waals surface area contributed by atoms with Gasteiger partial charge in [-0.15, -0.1) is 10.2 Å². The topological polar surface area (TPSA) is 73.6 Å². The SMILES string of the molecule is CCc1nnsc1C(=O)Cc1cn(C)nn1. The highest BCUT2D eigenvalue weighted by atomic mass is 32.1. The van der Waals surface area contributed by atoms with Crippen molar-refractivity contribution in [2.45, 2.75) is 19.8 Å². The number of Topliss-reactive ketones (excluding diaryl/α,β-unsaturated/α-hetero) is 1. The predicted octanol–water partition coefficient (Wildman–Crippen LogP) is 0.654. The van der Waals surface area contributed by atoms with Crippen molar-refractivity contribution in [1.82, 2.24) is 24.6 Å². The smallest absolute Gasteiger partial charge is 0.182 e. The molecule has 0 saturated carbocycles. The second-order valence-electron chi connectivity index (χ2n) is 3.39. The summed E-state index contributed by atoms with van der Waals surface area (Å²) in [6.07, 6.45) is 2.71. The zero-order chi connectivity index (χ0) is 11.5. The van der Waals surface area contributed by atoms with E-state index in [0.29, 0.717) is 10.6 Å². The molecule has 0 aliphatic heterocycles. The molecule has 16 heavy (non-hydrogen) atoms. The van der Waals surface area contributed by atoms with Crippen LogP contribution in [0.15, 0.2) is 6.20 Å². The zero-order valence-electron chi connectivity index (χ0n) is 9.04. The lowest BCUT2D eigenvalue weighted by Gasteiger charge is -1.95. The van der Waals surface area contributed by atoms with Gasteiger partial charge in [0.1, 0.15) is 4.88 Å². The Bertz CT molecular complexity index is 503. The van der Waals surface area contributed by atoms with Crippen LogP contribution in [0.3, 0.4) is 0 Å². The fourth-order valence-electron chi connectivity index (χ4n) is 1.37. The van der Waals surface area contributed by atoms with Gasteiger partial charge in [0.25, 0.3) is 0 Å². The number of carbonyl (C=O) groups excluding carboxylic acids is 1. The molecular formula is C9H11N5OS. The third-order valence-electron chi connectivity index (χ3n) is 2.14. The van der Waals surface area contributed by atoms with Gasteiger partial charge in [0.15, 0.2) is 5.78 Å². The molecule has 0 fully saturated rings. The summed E-state index contributed by atoms with van der Waals surface area (Å²) in [6.45, 7) is 1.95. The van der Waals surface area contributed by atoms with Gasteiger partial charge in [0, 0.05) is 13.2 Å². The van der Waals surface area contributed by atoms with Gasteiger partial charge >= 0.3 is 0 Å². The molecule has 0 aliphatic rings. The number of aryl methyl sites for hydroxylation is 2. The highest BCUT2D eigenvalue weighted by Gasteiger charge is 2.16. The van der Waals surface area contributed by atoms with Gasteiger partial charge in [-0.3, -0.25) is 9.48 Å². The molecule has 0 unspecified atom stereocenters. The lowest BCUT2D eigenvalue weighted by atomic mass is 10.1. The second-order valence-corrected chi connectivity index (χ2v) is 4.14. The zero-order valence-corrected chi connectivity index (χ0v) is 9.86. The van der Waals surface area contributed by atoms with Crippen LogP contribution in [-0.4, -0.2) is 30.4 Å². The quantitative estimate of drug-likeness (QED) is 0.730. The minimum absolute atomic E-state index is 0.00681. The van der Waals surface area contributed by atoms with Crippen LogP contribution in [0.1, 0.15) is 28.0 Å². The Hall–Kier alpha value is -1.63. The van der Waals surface area contributed by atoms with Crippen molar-refractivity contribution in [2.24, 2.45) is 7.05 Å². The first-order chi connectivity index (χ1) is 7.70. The average molecular weight is 237 g/mol. The molecule has 0 aromatic carbocycles. The summed E-state index contributed by atoms with van der Waals surface area (Å²) in [5.74, 6) is 0.00681. The van der Waals surface area contributed by atoms with Gasteiger partial charge in [0.2, 0.25) is 0 Å². The molecule has 0 amide bonds. The number of hydrogen-bond donors (Lipinski definition) is 0. The Kier molecular flexibility index (Phi) is 3.04. The molecule has 0 N–H and O–H groups in total. The van der Waals surface area contributed by atoms with Crippen LogP contribution in [0.2, 0.25) is 0 Å². The summed E-state index contributed by atoms with van der Waals surface area (Å²) < 4.78 is 5.37. The van der Waals surface area contributed by atoms with Gasteiger partial charge in [-0.2, -0.15) is 0 Å². The summed E-state index contributed by atoms with van der Waals surface area (Å²) in [4.78, 5) is 12.6. The van der Waals surface area contributed by atoms with Crippen LogP contribution < -0.4 is 0 Å². The maximum atomic E-state index is 11.9. The van der Waals surface area contributed by atoms with E-state index in [9.17, 15) is 4.79 Å². The maximum Gasteiger partial charge on any atom is 0.182 e. The standard InChI is InChI=1S/C9H11N5OS/c1-3-7-9(16-13-11-7)8(15)4-6-5-14(2)12-10-6/h5H,3-4H2,1-2H3. The highest BCUT2D eigenvalue weighted by molar-refractivity contribution is 7.08. The van der Waals surface area contributed by atoms with E-state index in [1.54, 1.807) is 17.9 Å². The number of rotatable bonds is 4. The van der Waals surface area contributed by atoms with Crippen molar-refractivity contribution < 1.29 is 4.79 Å². The minimum Gasteiger partial charge on any atom is -0.293 e. The Morgan fingerprint density at radius 1 is 1.50 bits per heavy atom. The van der Waals surface area contributed by atoms with Crippen molar-refractivity contribution in [2.75, 3.05) is 0 Å². The van der Waals surface area contributed by atoms with Crippen molar-refractivity contribution in [3.8, 4) is 0 Å². The number of hydrogen-bond acceptors (Lipinski definition) is 6. The molecule has 0 saturated heterocycles. The third-order valence-corrected chi connectivity index (χ3v) is 2.94. The van der Waals surface area contributed by atoms with Crippen molar-refractivity contribution in [3.63, 3.8) is 0 Å². The molecule has 0 spiro atoms. The van der Waals surface area contributed by atoms with Gasteiger partial charge in [0.05, 0.1) is 17.8 Å². The molecular weight excluding hydrogens is 226 g/mol. The average Bonchev–Trinajstić information content (AvgIpc) is 2.86. The number of carbonyl (C=O) groups is 1. The number of aromatic nitrogens is 5. The van der Waals surface area contributed by atoms with Gasteiger partial charge in [-0.05, 0) is 18.0 Å². The third kappa shape index (κ3) is 2.13. The highest BCUT2D eigenvalue weighted by Crippen LogP contribution is 2.14. The first-order valence-corrected chi connectivity index (χ1v) is 5.67. The molecule has 0 aliphatic carbocycles. The van der Waals surface area contributed by atoms with Crippen molar-refractivity contribution >= 4 is 17.3 Å². The minimum atomic E-state index is 0.00681. The molecule has 84 valence electrons. The predicted molar refractivity (Wildman–Crippen MR) is 58.3 cm³/mol. The normalized spacial score (nSPS) is 10.6. The van der Waals surface area contributed by atoms with Crippen LogP contribution in [0, 0.1) is 0 Å². The molecule has 0 radical (unpaired) electrons. The van der Waals surface area contributed by atoms with Gasteiger partial charge in [-0.25, -0.2) is 0 Å². The maximum absolute atomic E-state index is 11.9. The summed E-state index contributed by atoms with van der Waals surface area (Å²) in [6, 6.07) is 0.